The molecule has 3 heterocycles. The Bertz CT molecular complexity index is 1610. The first-order chi connectivity index (χ1) is 15.8. The van der Waals surface area contributed by atoms with Crippen LogP contribution in [0, 0.1) is 26.6 Å². The molecule has 6 nitrogen and oxygen atoms in total. The lowest BCUT2D eigenvalue weighted by atomic mass is 10.0. The zero-order chi connectivity index (χ0) is 23.3. The summed E-state index contributed by atoms with van der Waals surface area (Å²) in [7, 11) is 0. The molecule has 5 aromatic rings. The van der Waals surface area contributed by atoms with Gasteiger partial charge in [0.15, 0.2) is 0 Å². The first-order valence-electron chi connectivity index (χ1n) is 10.8. The summed E-state index contributed by atoms with van der Waals surface area (Å²) >= 11 is 0. The van der Waals surface area contributed by atoms with Crippen LogP contribution >= 0.6 is 0 Å². The van der Waals surface area contributed by atoms with Crippen LogP contribution in [0.1, 0.15) is 28.0 Å². The van der Waals surface area contributed by atoms with Crippen LogP contribution in [0.5, 0.6) is 0 Å². The van der Waals surface area contributed by atoms with Crippen LogP contribution in [0.2, 0.25) is 0 Å². The number of carbonyl (C=O) groups is 1. The second-order valence-electron chi connectivity index (χ2n) is 8.40. The van der Waals surface area contributed by atoms with Crippen LogP contribution in [0.25, 0.3) is 32.8 Å². The van der Waals surface area contributed by atoms with Crippen LogP contribution in [-0.2, 0) is 17.6 Å². The summed E-state index contributed by atoms with van der Waals surface area (Å²) in [5, 5.41) is 5.40. The maximum Gasteiger partial charge on any atom is 0.340 e. The maximum absolute atomic E-state index is 13.6. The number of benzene rings is 2. The lowest BCUT2D eigenvalue weighted by molar-refractivity contribution is -0.120. The SMILES string of the molecule is Cc1oc2cc3oc(=O)c(CC(=O)NCCc4c[nH]c5ccc(F)cc45)c(C)c3cc2c1C. The summed E-state index contributed by atoms with van der Waals surface area (Å²) in [5.74, 6) is 0.244. The molecule has 2 N–H and O–H groups in total. The highest BCUT2D eigenvalue weighted by Gasteiger charge is 2.17. The van der Waals surface area contributed by atoms with Crippen molar-refractivity contribution in [2.75, 3.05) is 6.54 Å². The molecule has 0 bridgehead atoms. The number of hydrogen-bond donors (Lipinski definition) is 2. The number of rotatable bonds is 5. The molecule has 7 heteroatoms. The highest BCUT2D eigenvalue weighted by atomic mass is 19.1. The van der Waals surface area contributed by atoms with Crippen LogP contribution in [0.3, 0.4) is 0 Å². The van der Waals surface area contributed by atoms with E-state index in [1.165, 1.54) is 12.1 Å². The number of H-pyrrole nitrogens is 1. The molecule has 0 aliphatic rings. The number of aromatic nitrogens is 1. The summed E-state index contributed by atoms with van der Waals surface area (Å²) in [6.07, 6.45) is 2.28. The van der Waals surface area contributed by atoms with Gasteiger partial charge in [0, 0.05) is 40.5 Å². The maximum atomic E-state index is 13.6. The monoisotopic (exact) mass is 446 g/mol. The van der Waals surface area contributed by atoms with Crippen molar-refractivity contribution in [2.24, 2.45) is 0 Å². The van der Waals surface area contributed by atoms with Crippen LogP contribution in [0.4, 0.5) is 4.39 Å². The number of carbonyl (C=O) groups excluding carboxylic acids is 1. The number of nitrogens with one attached hydrogen (secondary N) is 2. The molecule has 0 aliphatic heterocycles. The van der Waals surface area contributed by atoms with E-state index in [9.17, 15) is 14.0 Å². The van der Waals surface area contributed by atoms with E-state index in [1.54, 1.807) is 12.1 Å². The number of furan rings is 1. The average Bonchev–Trinajstić information content (AvgIpc) is 3.30. The molecule has 3 aromatic heterocycles. The van der Waals surface area contributed by atoms with Crippen molar-refractivity contribution in [3.05, 3.63) is 80.8 Å². The molecular weight excluding hydrogens is 423 g/mol. The number of aromatic amines is 1. The van der Waals surface area contributed by atoms with E-state index in [0.717, 1.165) is 44.1 Å². The standard InChI is InChI=1S/C26H23FN2O4/c1-13-15(3)32-23-11-24-19(9-18(13)23)14(2)20(26(31)33-24)10-25(30)28-7-6-16-12-29-22-5-4-17(27)8-21(16)22/h4-5,8-9,11-12,29H,6-7,10H2,1-3H3,(H,28,30). The van der Waals surface area contributed by atoms with Crippen molar-refractivity contribution in [1.29, 1.82) is 0 Å². The van der Waals surface area contributed by atoms with Crippen molar-refractivity contribution in [1.82, 2.24) is 10.3 Å². The minimum Gasteiger partial charge on any atom is -0.461 e. The van der Waals surface area contributed by atoms with E-state index in [2.05, 4.69) is 10.3 Å². The van der Waals surface area contributed by atoms with Gasteiger partial charge in [-0.05, 0) is 68.1 Å². The van der Waals surface area contributed by atoms with Gasteiger partial charge in [-0.3, -0.25) is 4.79 Å². The van der Waals surface area contributed by atoms with Gasteiger partial charge in [-0.15, -0.1) is 0 Å². The molecular formula is C26H23FN2O4. The first-order valence-corrected chi connectivity index (χ1v) is 10.8. The molecule has 0 aliphatic carbocycles. The topological polar surface area (TPSA) is 88.2 Å². The molecule has 0 unspecified atom stereocenters. The van der Waals surface area contributed by atoms with Crippen molar-refractivity contribution < 1.29 is 18.0 Å². The fourth-order valence-electron chi connectivity index (χ4n) is 4.35. The van der Waals surface area contributed by atoms with Gasteiger partial charge in [0.2, 0.25) is 5.91 Å². The Morgan fingerprint density at radius 2 is 1.76 bits per heavy atom. The van der Waals surface area contributed by atoms with Gasteiger partial charge in [-0.2, -0.15) is 0 Å². The normalized spacial score (nSPS) is 11.6. The van der Waals surface area contributed by atoms with Gasteiger partial charge in [-0.25, -0.2) is 9.18 Å². The van der Waals surface area contributed by atoms with E-state index >= 15 is 0 Å². The fraction of sp³-hybridized carbons (Fsp3) is 0.231. The summed E-state index contributed by atoms with van der Waals surface area (Å²) in [5.41, 5.74) is 4.45. The summed E-state index contributed by atoms with van der Waals surface area (Å²) in [4.78, 5) is 28.3. The lowest BCUT2D eigenvalue weighted by Crippen LogP contribution is -2.29. The highest BCUT2D eigenvalue weighted by Crippen LogP contribution is 2.31. The molecule has 0 atom stereocenters. The Balaban J connectivity index is 1.35. The van der Waals surface area contributed by atoms with Crippen molar-refractivity contribution in [2.45, 2.75) is 33.6 Å². The molecule has 2 aromatic carbocycles. The van der Waals surface area contributed by atoms with E-state index in [-0.39, 0.29) is 18.1 Å². The Morgan fingerprint density at radius 3 is 2.58 bits per heavy atom. The molecule has 168 valence electrons. The predicted molar refractivity (Wildman–Crippen MR) is 125 cm³/mol. The largest absolute Gasteiger partial charge is 0.461 e. The molecule has 33 heavy (non-hydrogen) atoms. The van der Waals surface area contributed by atoms with E-state index in [1.807, 2.05) is 33.0 Å². The number of hydrogen-bond acceptors (Lipinski definition) is 4. The van der Waals surface area contributed by atoms with Crippen LogP contribution < -0.4 is 10.9 Å². The Hall–Kier alpha value is -3.87. The van der Waals surface area contributed by atoms with Crippen molar-refractivity contribution >= 4 is 38.7 Å². The minimum atomic E-state index is -0.526. The Labute approximate surface area is 188 Å². The van der Waals surface area contributed by atoms with Gasteiger partial charge in [0.05, 0.1) is 12.0 Å². The van der Waals surface area contributed by atoms with Crippen LogP contribution in [0.15, 0.2) is 50.2 Å². The van der Waals surface area contributed by atoms with Crippen LogP contribution in [-0.4, -0.2) is 17.4 Å². The van der Waals surface area contributed by atoms with Gasteiger partial charge in [0.1, 0.15) is 22.7 Å². The van der Waals surface area contributed by atoms with E-state index < -0.39 is 5.63 Å². The molecule has 0 radical (unpaired) electrons. The average molecular weight is 446 g/mol. The smallest absolute Gasteiger partial charge is 0.340 e. The van der Waals surface area contributed by atoms with Crippen molar-refractivity contribution in [3.8, 4) is 0 Å². The van der Waals surface area contributed by atoms with Gasteiger partial charge >= 0.3 is 5.63 Å². The minimum absolute atomic E-state index is 0.0753. The molecule has 5 rings (SSSR count). The molecule has 0 saturated carbocycles. The molecule has 0 fully saturated rings. The van der Waals surface area contributed by atoms with Gasteiger partial charge < -0.3 is 19.1 Å². The van der Waals surface area contributed by atoms with Crippen molar-refractivity contribution in [3.63, 3.8) is 0 Å². The highest BCUT2D eigenvalue weighted by molar-refractivity contribution is 5.97. The Kier molecular flexibility index (Phi) is 5.04. The summed E-state index contributed by atoms with van der Waals surface area (Å²) < 4.78 is 24.8. The third-order valence-corrected chi connectivity index (χ3v) is 6.37. The Morgan fingerprint density at radius 1 is 1.00 bits per heavy atom. The zero-order valence-electron chi connectivity index (χ0n) is 18.6. The lowest BCUT2D eigenvalue weighted by Gasteiger charge is -2.09. The van der Waals surface area contributed by atoms with E-state index in [0.29, 0.717) is 29.7 Å². The first kappa shape index (κ1) is 21.0. The number of amides is 1. The third kappa shape index (κ3) is 3.69. The molecule has 1 amide bonds. The zero-order valence-corrected chi connectivity index (χ0v) is 18.6. The number of aryl methyl sites for hydroxylation is 3. The van der Waals surface area contributed by atoms with Gasteiger partial charge in [-0.1, -0.05) is 0 Å². The third-order valence-electron chi connectivity index (χ3n) is 6.37. The van der Waals surface area contributed by atoms with Gasteiger partial charge in [0.25, 0.3) is 0 Å². The second kappa shape index (κ2) is 7.92. The summed E-state index contributed by atoms with van der Waals surface area (Å²) in [6, 6.07) is 8.25. The second-order valence-corrected chi connectivity index (χ2v) is 8.40. The summed E-state index contributed by atoms with van der Waals surface area (Å²) in [6.45, 7) is 6.08. The quantitative estimate of drug-likeness (QED) is 0.373. The predicted octanol–water partition coefficient (Wildman–Crippen LogP) is 4.99. The molecule has 0 saturated heterocycles. The van der Waals surface area contributed by atoms with E-state index in [4.69, 9.17) is 8.83 Å². The fourth-order valence-corrected chi connectivity index (χ4v) is 4.35. The number of fused-ring (bicyclic) bond motifs is 3. The molecule has 0 spiro atoms. The number of halogens is 1.